The summed E-state index contributed by atoms with van der Waals surface area (Å²) in [5.41, 5.74) is 1.25. The lowest BCUT2D eigenvalue weighted by Crippen LogP contribution is -2.58. The van der Waals surface area contributed by atoms with E-state index in [-0.39, 0.29) is 5.78 Å². The van der Waals surface area contributed by atoms with Crippen LogP contribution >= 0.6 is 0 Å². The number of carbonyl (C=O) groups excluding carboxylic acids is 1. The van der Waals surface area contributed by atoms with Crippen molar-refractivity contribution in [3.05, 3.63) is 138 Å². The fourth-order valence-electron chi connectivity index (χ4n) is 6.10. The summed E-state index contributed by atoms with van der Waals surface area (Å²) in [6.07, 6.45) is 0. The molecule has 4 aromatic rings. The Morgan fingerprint density at radius 2 is 1.20 bits per heavy atom. The molecule has 1 heterocycles. The average Bonchev–Trinajstić information content (AvgIpc) is 3.38. The number of Topliss-reactive ketones (excluding diaryl/α,β-unsaturated/α-hetero) is 1. The second kappa shape index (κ2) is 8.03. The van der Waals surface area contributed by atoms with Gasteiger partial charge in [-0.25, -0.2) is 0 Å². The highest BCUT2D eigenvalue weighted by Gasteiger charge is 2.75. The van der Waals surface area contributed by atoms with E-state index in [0.29, 0.717) is 11.3 Å². The number of aliphatic hydroxyl groups is 1. The molecule has 1 N–H and O–H groups in total. The molecule has 2 aliphatic rings. The molecular formula is C31H26N2O2. The van der Waals surface area contributed by atoms with Gasteiger partial charge >= 0.3 is 0 Å². The molecule has 4 heteroatoms. The van der Waals surface area contributed by atoms with E-state index in [2.05, 4.69) is 0 Å². The molecule has 4 unspecified atom stereocenters. The molecule has 0 amide bonds. The summed E-state index contributed by atoms with van der Waals surface area (Å²) in [5, 5.41) is 20.0. The zero-order valence-electron chi connectivity index (χ0n) is 19.5. The summed E-state index contributed by atoms with van der Waals surface area (Å²) in [6, 6.07) is 39.2. The molecule has 4 atom stereocenters. The van der Waals surface area contributed by atoms with Gasteiger partial charge < -0.3 is 5.11 Å². The third-order valence-corrected chi connectivity index (χ3v) is 7.65. The molecule has 1 saturated carbocycles. The molecule has 4 aromatic carbocycles. The van der Waals surface area contributed by atoms with E-state index in [4.69, 9.17) is 5.10 Å². The minimum Gasteiger partial charge on any atom is -0.381 e. The van der Waals surface area contributed by atoms with Gasteiger partial charge in [-0.3, -0.25) is 9.80 Å². The SMILES string of the molecule is CC1C(=O)C2C(c3ccccc3)=NN(c3ccccc3)C2(c2ccccc2)C1(O)c1ccccc1. The summed E-state index contributed by atoms with van der Waals surface area (Å²) in [5.74, 6) is -1.33. The highest BCUT2D eigenvalue weighted by molar-refractivity contribution is 6.19. The minimum absolute atomic E-state index is 0.0127. The Morgan fingerprint density at radius 3 is 1.77 bits per heavy atom. The quantitative estimate of drug-likeness (QED) is 0.438. The van der Waals surface area contributed by atoms with Gasteiger partial charge in [0.25, 0.3) is 0 Å². The molecule has 0 saturated heterocycles. The Hall–Kier alpha value is -4.02. The highest BCUT2D eigenvalue weighted by Crippen LogP contribution is 2.63. The van der Waals surface area contributed by atoms with Crippen LogP contribution in [0.4, 0.5) is 5.69 Å². The van der Waals surface area contributed by atoms with E-state index in [1.807, 2.05) is 133 Å². The Balaban J connectivity index is 1.74. The maximum absolute atomic E-state index is 14.2. The molecule has 0 aromatic heterocycles. The Morgan fingerprint density at radius 1 is 0.714 bits per heavy atom. The van der Waals surface area contributed by atoms with E-state index in [0.717, 1.165) is 16.8 Å². The number of carbonyl (C=O) groups is 1. The topological polar surface area (TPSA) is 52.9 Å². The van der Waals surface area contributed by atoms with E-state index >= 15 is 0 Å². The highest BCUT2D eigenvalue weighted by atomic mass is 16.3. The maximum Gasteiger partial charge on any atom is 0.151 e. The van der Waals surface area contributed by atoms with Crippen molar-refractivity contribution in [1.82, 2.24) is 0 Å². The largest absolute Gasteiger partial charge is 0.381 e. The second-order valence-electron chi connectivity index (χ2n) is 9.32. The van der Waals surface area contributed by atoms with Gasteiger partial charge in [0.1, 0.15) is 11.1 Å². The first-order chi connectivity index (χ1) is 17.1. The van der Waals surface area contributed by atoms with Crippen LogP contribution in [0.5, 0.6) is 0 Å². The van der Waals surface area contributed by atoms with Crippen molar-refractivity contribution in [1.29, 1.82) is 0 Å². The van der Waals surface area contributed by atoms with Crippen LogP contribution in [0.15, 0.2) is 126 Å². The Bertz CT molecular complexity index is 1390. The van der Waals surface area contributed by atoms with Crippen LogP contribution in [-0.4, -0.2) is 16.6 Å². The number of hydrogen-bond acceptors (Lipinski definition) is 4. The number of nitrogens with zero attached hydrogens (tertiary/aromatic N) is 2. The third kappa shape index (κ3) is 2.84. The normalized spacial score (nSPS) is 27.5. The van der Waals surface area contributed by atoms with Crippen LogP contribution in [0.1, 0.15) is 23.6 Å². The molecule has 0 radical (unpaired) electrons. The van der Waals surface area contributed by atoms with Crippen LogP contribution < -0.4 is 5.01 Å². The molecular weight excluding hydrogens is 432 g/mol. The van der Waals surface area contributed by atoms with Crippen molar-refractivity contribution in [3.63, 3.8) is 0 Å². The first-order valence-corrected chi connectivity index (χ1v) is 12.0. The molecule has 35 heavy (non-hydrogen) atoms. The molecule has 1 aliphatic carbocycles. The zero-order chi connectivity index (χ0) is 24.0. The first kappa shape index (κ1) is 21.5. The number of hydrogen-bond donors (Lipinski definition) is 1. The number of ketones is 1. The first-order valence-electron chi connectivity index (χ1n) is 12.0. The number of anilines is 1. The van der Waals surface area contributed by atoms with Crippen molar-refractivity contribution in [3.8, 4) is 0 Å². The van der Waals surface area contributed by atoms with Gasteiger partial charge in [0, 0.05) is 0 Å². The van der Waals surface area contributed by atoms with Gasteiger partial charge in [-0.15, -0.1) is 0 Å². The van der Waals surface area contributed by atoms with Crippen molar-refractivity contribution in [2.75, 3.05) is 5.01 Å². The van der Waals surface area contributed by atoms with Crippen LogP contribution in [0.2, 0.25) is 0 Å². The second-order valence-corrected chi connectivity index (χ2v) is 9.32. The Kier molecular flexibility index (Phi) is 4.94. The van der Waals surface area contributed by atoms with Crippen molar-refractivity contribution in [2.45, 2.75) is 18.1 Å². The van der Waals surface area contributed by atoms with Gasteiger partial charge in [-0.1, -0.05) is 116 Å². The lowest BCUT2D eigenvalue weighted by atomic mass is 9.66. The van der Waals surface area contributed by atoms with Gasteiger partial charge in [0.2, 0.25) is 0 Å². The van der Waals surface area contributed by atoms with Crippen molar-refractivity contribution in [2.24, 2.45) is 16.9 Å². The van der Waals surface area contributed by atoms with Gasteiger partial charge in [-0.2, -0.15) is 5.10 Å². The fourth-order valence-corrected chi connectivity index (χ4v) is 6.10. The molecule has 1 fully saturated rings. The predicted octanol–water partition coefficient (Wildman–Crippen LogP) is 5.53. The standard InChI is InChI=1S/C31H26N2O2/c1-22-29(34)27-28(23-14-6-2-7-15-23)32-33(26-20-12-5-13-21-26)30(27,24-16-8-3-9-17-24)31(22,35)25-18-10-4-11-19-25/h2-22,27,35H,1H3. The predicted molar refractivity (Wildman–Crippen MR) is 138 cm³/mol. The summed E-state index contributed by atoms with van der Waals surface area (Å²) in [4.78, 5) is 14.2. The maximum atomic E-state index is 14.2. The van der Waals surface area contributed by atoms with Gasteiger partial charge in [0.05, 0.1) is 23.2 Å². The average molecular weight is 459 g/mol. The lowest BCUT2D eigenvalue weighted by molar-refractivity contribution is -0.125. The molecule has 4 nitrogen and oxygen atoms in total. The number of benzene rings is 4. The number of fused-ring (bicyclic) bond motifs is 1. The fraction of sp³-hybridized carbons (Fsp3) is 0.161. The summed E-state index contributed by atoms with van der Waals surface area (Å²) >= 11 is 0. The van der Waals surface area contributed by atoms with Gasteiger partial charge in [-0.05, 0) is 28.8 Å². The lowest BCUT2D eigenvalue weighted by Gasteiger charge is -2.48. The van der Waals surface area contributed by atoms with Crippen LogP contribution in [0, 0.1) is 11.8 Å². The summed E-state index contributed by atoms with van der Waals surface area (Å²) in [6.45, 7) is 1.85. The zero-order valence-corrected chi connectivity index (χ0v) is 19.5. The molecule has 1 aliphatic heterocycles. The molecule has 0 spiro atoms. The smallest absolute Gasteiger partial charge is 0.151 e. The molecule has 6 rings (SSSR count). The van der Waals surface area contributed by atoms with E-state index in [1.165, 1.54) is 0 Å². The van der Waals surface area contributed by atoms with Crippen molar-refractivity contribution < 1.29 is 9.90 Å². The molecule has 172 valence electrons. The van der Waals surface area contributed by atoms with Crippen LogP contribution in [-0.2, 0) is 15.9 Å². The monoisotopic (exact) mass is 458 g/mol. The molecule has 0 bridgehead atoms. The Labute approximate surface area is 205 Å². The summed E-state index contributed by atoms with van der Waals surface area (Å²) in [7, 11) is 0. The van der Waals surface area contributed by atoms with Crippen LogP contribution in [0.25, 0.3) is 0 Å². The van der Waals surface area contributed by atoms with E-state index in [1.54, 1.807) is 0 Å². The minimum atomic E-state index is -1.53. The van der Waals surface area contributed by atoms with E-state index < -0.39 is 23.0 Å². The van der Waals surface area contributed by atoms with Gasteiger partial charge in [0.15, 0.2) is 5.78 Å². The van der Waals surface area contributed by atoms with Crippen molar-refractivity contribution >= 4 is 17.2 Å². The number of hydrazone groups is 1. The summed E-state index contributed by atoms with van der Waals surface area (Å²) < 4.78 is 0. The van der Waals surface area contributed by atoms with E-state index in [9.17, 15) is 9.90 Å². The number of rotatable bonds is 4. The number of para-hydroxylation sites is 1. The van der Waals surface area contributed by atoms with Crippen LogP contribution in [0.3, 0.4) is 0 Å². The third-order valence-electron chi connectivity index (χ3n) is 7.65.